The first-order valence-corrected chi connectivity index (χ1v) is 12.5. The molecule has 8 N–H and O–H groups in total. The van der Waals surface area contributed by atoms with Crippen LogP contribution in [0.5, 0.6) is 0 Å². The molecule has 0 amide bonds. The number of nitrogens with two attached hydrogens (primary N) is 1. The van der Waals surface area contributed by atoms with Crippen LogP contribution in [0.2, 0.25) is 0 Å². The lowest BCUT2D eigenvalue weighted by atomic mass is 10.1. The maximum atomic E-state index is 11.8. The molecule has 2 aromatic heterocycles. The van der Waals surface area contributed by atoms with Gasteiger partial charge in [0.1, 0.15) is 18.3 Å². The average molecular weight is 524 g/mol. The van der Waals surface area contributed by atoms with Gasteiger partial charge in [0.2, 0.25) is 0 Å². The molecule has 3 unspecified atom stereocenters. The summed E-state index contributed by atoms with van der Waals surface area (Å²) in [6.07, 6.45) is -5.45. The van der Waals surface area contributed by atoms with Crippen LogP contribution in [0.25, 0.3) is 11.2 Å². The topological polar surface area (TPSA) is 296 Å². The summed E-state index contributed by atoms with van der Waals surface area (Å²) in [6.45, 7) is -1.03. The summed E-state index contributed by atoms with van der Waals surface area (Å²) in [4.78, 5) is 54.8. The zero-order valence-corrected chi connectivity index (χ0v) is 17.9. The number of phosphoric ester groups is 1. The molecule has 0 spiro atoms. The second-order valence-corrected chi connectivity index (χ2v) is 10.5. The summed E-state index contributed by atoms with van der Waals surface area (Å²) >= 11 is 0. The molecule has 1 saturated heterocycles. The lowest BCUT2D eigenvalue weighted by molar-refractivity contribution is -0.0503. The van der Waals surface area contributed by atoms with E-state index >= 15 is 0 Å². The Morgan fingerprint density at radius 3 is 2.38 bits per heavy atom. The van der Waals surface area contributed by atoms with Crippen LogP contribution < -0.4 is 11.4 Å². The van der Waals surface area contributed by atoms with Crippen molar-refractivity contribution >= 4 is 40.6 Å². The van der Waals surface area contributed by atoms with Gasteiger partial charge in [0.15, 0.2) is 17.4 Å². The molecule has 0 bridgehead atoms. The highest BCUT2D eigenvalue weighted by Crippen LogP contribution is 2.66. The number of anilines is 1. The van der Waals surface area contributed by atoms with Gasteiger partial charge in [0.05, 0.1) is 12.9 Å². The fourth-order valence-corrected chi connectivity index (χ4v) is 5.66. The molecular formula is C10H15N4O15P3. The van der Waals surface area contributed by atoms with Gasteiger partial charge >= 0.3 is 29.1 Å². The molecule has 1 aliphatic heterocycles. The van der Waals surface area contributed by atoms with E-state index in [1.54, 1.807) is 0 Å². The Kier molecular flexibility index (Phi) is 6.78. The maximum absolute atomic E-state index is 11.8. The van der Waals surface area contributed by atoms with E-state index in [9.17, 15) is 33.6 Å². The first-order chi connectivity index (χ1) is 14.6. The van der Waals surface area contributed by atoms with Crippen molar-refractivity contribution in [3.05, 3.63) is 16.7 Å². The van der Waals surface area contributed by atoms with E-state index in [0.29, 0.717) is 0 Å². The molecule has 2 aromatic rings. The highest BCUT2D eigenvalue weighted by Gasteiger charge is 2.47. The van der Waals surface area contributed by atoms with Gasteiger partial charge in [0, 0.05) is 0 Å². The minimum atomic E-state index is -5.74. The molecule has 3 heterocycles. The van der Waals surface area contributed by atoms with Crippen molar-refractivity contribution < 1.29 is 65.8 Å². The van der Waals surface area contributed by atoms with E-state index in [4.69, 9.17) is 25.2 Å². The quantitative estimate of drug-likeness (QED) is 0.182. The highest BCUT2D eigenvalue weighted by molar-refractivity contribution is 7.66. The second kappa shape index (κ2) is 8.66. The number of hydrogen-bond acceptors (Lipinski definition) is 14. The van der Waals surface area contributed by atoms with Crippen LogP contribution in [-0.2, 0) is 31.6 Å². The Hall–Kier alpha value is -1.56. The first kappa shape index (κ1) is 25.1. The molecule has 22 heteroatoms. The van der Waals surface area contributed by atoms with Gasteiger partial charge in [-0.1, -0.05) is 0 Å². The number of ether oxygens (including phenoxy) is 1. The van der Waals surface area contributed by atoms with Crippen LogP contribution in [-0.4, -0.2) is 69.2 Å². The lowest BCUT2D eigenvalue weighted by Crippen LogP contribution is -2.33. The third kappa shape index (κ3) is 5.67. The van der Waals surface area contributed by atoms with E-state index in [2.05, 4.69) is 27.5 Å². The summed E-state index contributed by atoms with van der Waals surface area (Å²) < 4.78 is 56.1. The Bertz CT molecular complexity index is 1210. The van der Waals surface area contributed by atoms with Crippen molar-refractivity contribution in [2.24, 2.45) is 0 Å². The smallest absolute Gasteiger partial charge is 0.388 e. The fourth-order valence-electron chi connectivity index (χ4n) is 2.63. The van der Waals surface area contributed by atoms with Crippen molar-refractivity contribution in [2.75, 3.05) is 12.3 Å². The summed E-state index contributed by atoms with van der Waals surface area (Å²) in [5.74, 6) is 0. The van der Waals surface area contributed by atoms with Crippen molar-refractivity contribution in [3.8, 4) is 0 Å². The van der Waals surface area contributed by atoms with Crippen molar-refractivity contribution in [1.29, 1.82) is 0 Å². The molecule has 6 atom stereocenters. The van der Waals surface area contributed by atoms with Crippen LogP contribution in [0, 0.1) is 0 Å². The summed E-state index contributed by atoms with van der Waals surface area (Å²) in [6, 6.07) is -0.526. The van der Waals surface area contributed by atoms with E-state index in [1.165, 1.54) is 0 Å². The summed E-state index contributed by atoms with van der Waals surface area (Å²) in [7, 11) is -16.8. The minimum absolute atomic E-state index is 0.177. The zero-order chi connectivity index (χ0) is 24.1. The van der Waals surface area contributed by atoms with E-state index in [-0.39, 0.29) is 11.2 Å². The number of rotatable bonds is 8. The van der Waals surface area contributed by atoms with E-state index < -0.39 is 66.3 Å². The molecule has 180 valence electrons. The van der Waals surface area contributed by atoms with Crippen LogP contribution in [0.1, 0.15) is 6.23 Å². The van der Waals surface area contributed by atoms with Gasteiger partial charge in [-0.15, -0.1) is 0 Å². The summed E-state index contributed by atoms with van der Waals surface area (Å²) in [5, 5.41) is 20.4. The highest BCUT2D eigenvalue weighted by atomic mass is 31.3. The van der Waals surface area contributed by atoms with Crippen LogP contribution >= 0.6 is 23.5 Å². The van der Waals surface area contributed by atoms with Crippen molar-refractivity contribution in [2.45, 2.75) is 24.5 Å². The minimum Gasteiger partial charge on any atom is -0.388 e. The van der Waals surface area contributed by atoms with Gasteiger partial charge < -0.3 is 44.7 Å². The van der Waals surface area contributed by atoms with Gasteiger partial charge in [0.25, 0.3) is 6.01 Å². The fraction of sp³-hybridized carbons (Fsp3) is 0.500. The van der Waals surface area contributed by atoms with Gasteiger partial charge in [-0.2, -0.15) is 13.6 Å². The van der Waals surface area contributed by atoms with E-state index in [0.717, 1.165) is 10.9 Å². The lowest BCUT2D eigenvalue weighted by Gasteiger charge is -2.19. The Morgan fingerprint density at radius 1 is 1.09 bits per heavy atom. The normalized spacial score (nSPS) is 27.9. The van der Waals surface area contributed by atoms with E-state index in [1.807, 2.05) is 0 Å². The number of aromatic nitrogens is 3. The number of aliphatic hydroxyl groups excluding tert-OH is 2. The summed E-state index contributed by atoms with van der Waals surface area (Å²) in [5.41, 5.74) is 3.96. The molecule has 3 rings (SSSR count). The number of imidazole rings is 1. The maximum Gasteiger partial charge on any atom is 0.490 e. The Balaban J connectivity index is 1.72. The molecule has 19 nitrogen and oxygen atoms in total. The Labute approximate surface area is 175 Å². The molecule has 0 radical (unpaired) electrons. The molecule has 0 aromatic carbocycles. The van der Waals surface area contributed by atoms with Gasteiger partial charge in [-0.25, -0.2) is 23.5 Å². The van der Waals surface area contributed by atoms with Crippen LogP contribution in [0.15, 0.2) is 15.5 Å². The number of aliphatic hydroxyl groups is 2. The van der Waals surface area contributed by atoms with Gasteiger partial charge in [-0.3, -0.25) is 9.09 Å². The molecular weight excluding hydrogens is 509 g/mol. The average Bonchev–Trinajstić information content (AvgIpc) is 3.12. The zero-order valence-electron chi connectivity index (χ0n) is 15.2. The van der Waals surface area contributed by atoms with Crippen molar-refractivity contribution in [3.63, 3.8) is 0 Å². The van der Waals surface area contributed by atoms with Crippen LogP contribution in [0.4, 0.5) is 6.01 Å². The van der Waals surface area contributed by atoms with Gasteiger partial charge in [-0.05, 0) is 0 Å². The number of fused-ring (bicyclic) bond motifs is 1. The largest absolute Gasteiger partial charge is 0.490 e. The molecule has 1 fully saturated rings. The SMILES string of the molecule is Nc1nc2c(ncn2[C@@H]2O[C@H](COP(=O)(O)OP(=O)(O)OP(=O)(O)O)[C@H](O)C2O)c(=O)o1. The molecule has 0 saturated carbocycles. The third-order valence-electron chi connectivity index (χ3n) is 3.80. The molecule has 1 aliphatic rings. The second-order valence-electron chi connectivity index (χ2n) is 6.10. The number of phosphoric acid groups is 3. The Morgan fingerprint density at radius 2 is 1.75 bits per heavy atom. The van der Waals surface area contributed by atoms with Crippen LogP contribution in [0.3, 0.4) is 0 Å². The number of hydrogen-bond donors (Lipinski definition) is 7. The number of nitrogen functional groups attached to an aromatic ring is 1. The first-order valence-electron chi connectivity index (χ1n) is 8.02. The number of nitrogens with zero attached hydrogens (tertiary/aromatic N) is 3. The predicted molar refractivity (Wildman–Crippen MR) is 96.2 cm³/mol. The van der Waals surface area contributed by atoms with Crippen molar-refractivity contribution in [1.82, 2.24) is 14.5 Å². The monoisotopic (exact) mass is 524 g/mol. The predicted octanol–water partition coefficient (Wildman–Crippen LogP) is -2.07. The molecule has 0 aliphatic carbocycles. The standard InChI is InChI=1S/C10H15N4O15P3/c11-10-13-7-4(9(17)27-10)12-2-14(7)8-6(16)5(15)3(26-8)1-25-31(21,22)29-32(23,24)28-30(18,19)20/h2-3,5-6,8,15-16H,1H2,(H2,11,13)(H,21,22)(H,23,24)(H2,18,19,20)/t3-,5+,6?,8-/m1/s1. The third-order valence-corrected chi connectivity index (χ3v) is 7.61. The molecule has 32 heavy (non-hydrogen) atoms.